The summed E-state index contributed by atoms with van der Waals surface area (Å²) in [6.45, 7) is 2.00. The van der Waals surface area contributed by atoms with Crippen LogP contribution in [-0.2, 0) is 9.84 Å². The molecule has 0 aliphatic carbocycles. The molecule has 3 aromatic rings. The fourth-order valence-corrected chi connectivity index (χ4v) is 4.56. The molecule has 7 heteroatoms. The summed E-state index contributed by atoms with van der Waals surface area (Å²) in [5.41, 5.74) is 0.696. The third-order valence-corrected chi connectivity index (χ3v) is 6.36. The van der Waals surface area contributed by atoms with Gasteiger partial charge in [-0.05, 0) is 42.8 Å². The molecule has 4 nitrogen and oxygen atoms in total. The lowest BCUT2D eigenvalue weighted by molar-refractivity contribution is 0.470. The number of sulfone groups is 1. The Balaban J connectivity index is 2.10. The average Bonchev–Trinajstić information content (AvgIpc) is 3.06. The zero-order valence-electron chi connectivity index (χ0n) is 13.5. The van der Waals surface area contributed by atoms with Gasteiger partial charge < -0.3 is 4.42 Å². The Morgan fingerprint density at radius 2 is 1.76 bits per heavy atom. The van der Waals surface area contributed by atoms with Crippen LogP contribution in [-0.4, -0.2) is 19.2 Å². The minimum absolute atomic E-state index is 0.0137. The smallest absolute Gasteiger partial charge is 0.228 e. The molecule has 0 atom stereocenters. The third-order valence-electron chi connectivity index (χ3n) is 3.40. The van der Waals surface area contributed by atoms with E-state index < -0.39 is 15.7 Å². The quantitative estimate of drug-likeness (QED) is 0.455. The van der Waals surface area contributed by atoms with Gasteiger partial charge >= 0.3 is 0 Å². The fourth-order valence-electron chi connectivity index (χ4n) is 2.18. The summed E-state index contributed by atoms with van der Waals surface area (Å²) in [5, 5.41) is 0.126. The molecule has 0 fully saturated rings. The lowest BCUT2D eigenvalue weighted by Gasteiger charge is -2.03. The molecular formula is C18H16FNO3S2. The van der Waals surface area contributed by atoms with E-state index in [0.29, 0.717) is 11.3 Å². The highest BCUT2D eigenvalue weighted by molar-refractivity contribution is 8.00. The molecule has 25 heavy (non-hydrogen) atoms. The monoisotopic (exact) mass is 377 g/mol. The van der Waals surface area contributed by atoms with Crippen LogP contribution < -0.4 is 0 Å². The van der Waals surface area contributed by atoms with Gasteiger partial charge in [0.25, 0.3) is 0 Å². The van der Waals surface area contributed by atoms with E-state index in [1.165, 1.54) is 23.9 Å². The van der Waals surface area contributed by atoms with Gasteiger partial charge in [-0.25, -0.2) is 12.8 Å². The second kappa shape index (κ2) is 7.41. The lowest BCUT2D eigenvalue weighted by atomic mass is 10.2. The lowest BCUT2D eigenvalue weighted by Crippen LogP contribution is -2.04. The number of rotatable bonds is 6. The number of oxazole rings is 1. The van der Waals surface area contributed by atoms with Gasteiger partial charge in [-0.1, -0.05) is 36.9 Å². The molecule has 0 spiro atoms. The molecule has 0 saturated heterocycles. The fraction of sp³-hybridized carbons (Fsp3) is 0.167. The second-order valence-electron chi connectivity index (χ2n) is 5.28. The Labute approximate surface area is 150 Å². The van der Waals surface area contributed by atoms with E-state index >= 15 is 0 Å². The van der Waals surface area contributed by atoms with Crippen LogP contribution in [0.1, 0.15) is 13.3 Å². The zero-order valence-corrected chi connectivity index (χ0v) is 15.1. The van der Waals surface area contributed by atoms with Crippen molar-refractivity contribution in [1.29, 1.82) is 0 Å². The summed E-state index contributed by atoms with van der Waals surface area (Å²) < 4.78 is 44.7. The van der Waals surface area contributed by atoms with Crippen molar-refractivity contribution in [2.45, 2.75) is 28.4 Å². The number of benzene rings is 2. The van der Waals surface area contributed by atoms with Gasteiger partial charge in [-0.3, -0.25) is 0 Å². The van der Waals surface area contributed by atoms with E-state index in [-0.39, 0.29) is 20.9 Å². The first-order valence-electron chi connectivity index (χ1n) is 7.72. The highest BCUT2D eigenvalue weighted by atomic mass is 32.2. The molecule has 0 saturated carbocycles. The van der Waals surface area contributed by atoms with Crippen LogP contribution >= 0.6 is 11.8 Å². The average molecular weight is 377 g/mol. The van der Waals surface area contributed by atoms with E-state index in [2.05, 4.69) is 4.98 Å². The first kappa shape index (κ1) is 17.7. The molecule has 0 unspecified atom stereocenters. The Kier molecular flexibility index (Phi) is 5.24. The molecule has 0 bridgehead atoms. The molecular weight excluding hydrogens is 361 g/mol. The summed E-state index contributed by atoms with van der Waals surface area (Å²) in [6, 6.07) is 13.8. The van der Waals surface area contributed by atoms with Crippen LogP contribution in [0.4, 0.5) is 4.39 Å². The predicted molar refractivity (Wildman–Crippen MR) is 94.8 cm³/mol. The number of thioether (sulfide) groups is 1. The Bertz CT molecular complexity index is 952. The van der Waals surface area contributed by atoms with Crippen LogP contribution in [0.15, 0.2) is 74.0 Å². The maximum absolute atomic E-state index is 13.1. The molecule has 1 heterocycles. The minimum atomic E-state index is -3.90. The SMILES string of the molecule is CCCSc1oc(-c2ccccc2)nc1S(=O)(=O)c1ccc(F)cc1. The minimum Gasteiger partial charge on any atom is -0.428 e. The van der Waals surface area contributed by atoms with Crippen LogP contribution in [0.25, 0.3) is 11.5 Å². The molecule has 3 rings (SSSR count). The van der Waals surface area contributed by atoms with Gasteiger partial charge in [-0.15, -0.1) is 0 Å². The zero-order chi connectivity index (χ0) is 17.9. The number of halogens is 1. The van der Waals surface area contributed by atoms with Gasteiger partial charge in [-0.2, -0.15) is 4.98 Å². The maximum Gasteiger partial charge on any atom is 0.228 e. The van der Waals surface area contributed by atoms with Gasteiger partial charge in [0, 0.05) is 11.3 Å². The standard InChI is InChI=1S/C18H16FNO3S2/c1-2-12-24-18-17(20-16(23-18)13-6-4-3-5-7-13)25(21,22)15-10-8-14(19)9-11-15/h3-11H,2,12H2,1H3. The summed E-state index contributed by atoms with van der Waals surface area (Å²) in [5.74, 6) is 0.458. The maximum atomic E-state index is 13.1. The highest BCUT2D eigenvalue weighted by Gasteiger charge is 2.28. The van der Waals surface area contributed by atoms with Gasteiger partial charge in [0.05, 0.1) is 4.90 Å². The molecule has 0 radical (unpaired) electrons. The first-order chi connectivity index (χ1) is 12.0. The number of hydrogen-bond donors (Lipinski definition) is 0. The van der Waals surface area contributed by atoms with Gasteiger partial charge in [0.2, 0.25) is 25.8 Å². The highest BCUT2D eigenvalue weighted by Crippen LogP contribution is 2.35. The van der Waals surface area contributed by atoms with Crippen LogP contribution in [0, 0.1) is 5.82 Å². The Morgan fingerprint density at radius 1 is 1.08 bits per heavy atom. The summed E-state index contributed by atoms with van der Waals surface area (Å²) in [4.78, 5) is 4.22. The van der Waals surface area contributed by atoms with Crippen molar-refractivity contribution in [3.05, 3.63) is 60.4 Å². The number of nitrogens with zero attached hydrogens (tertiary/aromatic N) is 1. The molecule has 130 valence electrons. The summed E-state index contributed by atoms with van der Waals surface area (Å²) in [6.07, 6.45) is 0.863. The second-order valence-corrected chi connectivity index (χ2v) is 8.22. The van der Waals surface area contributed by atoms with Crippen molar-refractivity contribution < 1.29 is 17.2 Å². The van der Waals surface area contributed by atoms with Gasteiger partial charge in [0.1, 0.15) is 5.82 Å². The Morgan fingerprint density at radius 3 is 2.40 bits per heavy atom. The third kappa shape index (κ3) is 3.77. The van der Waals surface area contributed by atoms with Crippen LogP contribution in [0.2, 0.25) is 0 Å². The van der Waals surface area contributed by atoms with E-state index in [9.17, 15) is 12.8 Å². The Hall–Kier alpha value is -2.12. The molecule has 0 aliphatic heterocycles. The molecule has 2 aromatic carbocycles. The molecule has 0 aliphatic rings. The van der Waals surface area contributed by atoms with E-state index in [1.54, 1.807) is 12.1 Å². The normalized spacial score (nSPS) is 11.6. The number of aromatic nitrogens is 1. The van der Waals surface area contributed by atoms with Crippen molar-refractivity contribution in [3.8, 4) is 11.5 Å². The van der Waals surface area contributed by atoms with Crippen molar-refractivity contribution in [1.82, 2.24) is 4.98 Å². The molecule has 0 amide bonds. The van der Waals surface area contributed by atoms with Gasteiger partial charge in [0.15, 0.2) is 0 Å². The first-order valence-corrected chi connectivity index (χ1v) is 10.2. The number of hydrogen-bond acceptors (Lipinski definition) is 5. The van der Waals surface area contributed by atoms with Crippen molar-refractivity contribution in [3.63, 3.8) is 0 Å². The van der Waals surface area contributed by atoms with Crippen LogP contribution in [0.5, 0.6) is 0 Å². The largest absolute Gasteiger partial charge is 0.428 e. The molecule has 1 aromatic heterocycles. The van der Waals surface area contributed by atoms with E-state index in [4.69, 9.17) is 4.42 Å². The van der Waals surface area contributed by atoms with E-state index in [1.807, 2.05) is 25.1 Å². The van der Waals surface area contributed by atoms with Crippen LogP contribution in [0.3, 0.4) is 0 Å². The predicted octanol–water partition coefficient (Wildman–Crippen LogP) is 4.82. The van der Waals surface area contributed by atoms with E-state index in [0.717, 1.165) is 18.6 Å². The summed E-state index contributed by atoms with van der Waals surface area (Å²) >= 11 is 1.30. The van der Waals surface area contributed by atoms with Crippen molar-refractivity contribution >= 4 is 21.6 Å². The van der Waals surface area contributed by atoms with Crippen molar-refractivity contribution in [2.75, 3.05) is 5.75 Å². The summed E-state index contributed by atoms with van der Waals surface area (Å²) in [7, 11) is -3.90. The van der Waals surface area contributed by atoms with Crippen molar-refractivity contribution in [2.24, 2.45) is 0 Å². The topological polar surface area (TPSA) is 60.2 Å². The molecule has 0 N–H and O–H groups in total.